The third-order valence-electron chi connectivity index (χ3n) is 3.34. The van der Waals surface area contributed by atoms with E-state index in [1.165, 1.54) is 10.9 Å². The molecule has 0 aliphatic carbocycles. The van der Waals surface area contributed by atoms with Gasteiger partial charge < -0.3 is 9.30 Å². The number of benzene rings is 1. The molecular weight excluding hydrogens is 314 g/mol. The molecule has 0 unspecified atom stereocenters. The lowest BCUT2D eigenvalue weighted by molar-refractivity contribution is 0.263. The van der Waals surface area contributed by atoms with E-state index in [0.29, 0.717) is 18.8 Å². The molecule has 2 heterocycles. The number of nitrogens with zero attached hydrogens (tertiary/aromatic N) is 2. The Morgan fingerprint density at radius 3 is 2.90 bits per heavy atom. The van der Waals surface area contributed by atoms with Crippen LogP contribution in [0.25, 0.3) is 0 Å². The second kappa shape index (κ2) is 5.32. The smallest absolute Gasteiger partial charge is 0.261 e. The summed E-state index contributed by atoms with van der Waals surface area (Å²) in [6.07, 6.45) is 1.93. The van der Waals surface area contributed by atoms with Gasteiger partial charge in [0.2, 0.25) is 5.03 Å². The van der Waals surface area contributed by atoms with Gasteiger partial charge in [-0.1, -0.05) is 29.8 Å². The van der Waals surface area contributed by atoms with Gasteiger partial charge in [-0.3, -0.25) is 0 Å². The van der Waals surface area contributed by atoms with Gasteiger partial charge in [0, 0.05) is 19.0 Å². The number of hydrogen-bond donors (Lipinski definition) is 1. The summed E-state index contributed by atoms with van der Waals surface area (Å²) in [7, 11) is -2.14. The molecule has 1 aliphatic heterocycles. The van der Waals surface area contributed by atoms with E-state index >= 15 is 0 Å². The molecule has 1 atom stereocenters. The van der Waals surface area contributed by atoms with Crippen molar-refractivity contribution in [1.82, 2.24) is 14.3 Å². The summed E-state index contributed by atoms with van der Waals surface area (Å²) in [6.45, 7) is 0.458. The second-order valence-electron chi connectivity index (χ2n) is 4.80. The normalized spacial score (nSPS) is 18.1. The fourth-order valence-corrected chi connectivity index (χ4v) is 3.96. The highest BCUT2D eigenvalue weighted by Gasteiger charge is 2.29. The zero-order chi connectivity index (χ0) is 15.0. The largest absolute Gasteiger partial charge is 0.493 e. The van der Waals surface area contributed by atoms with E-state index in [9.17, 15) is 8.42 Å². The summed E-state index contributed by atoms with van der Waals surface area (Å²) in [5.74, 6) is 0.698. The molecule has 1 N–H and O–H groups in total. The number of hydrogen-bond acceptors (Lipinski definition) is 4. The molecule has 1 aromatic heterocycles. The summed E-state index contributed by atoms with van der Waals surface area (Å²) in [4.78, 5) is 3.86. The van der Waals surface area contributed by atoms with E-state index in [2.05, 4.69) is 9.71 Å². The van der Waals surface area contributed by atoms with E-state index in [-0.39, 0.29) is 16.2 Å². The topological polar surface area (TPSA) is 73.2 Å². The SMILES string of the molecule is Cn1cnc(S(=O)(=O)N[C@H]2CCOc3ccccc32)c1Cl. The highest BCUT2D eigenvalue weighted by Crippen LogP contribution is 2.33. The molecule has 0 saturated carbocycles. The van der Waals surface area contributed by atoms with Crippen molar-refractivity contribution in [2.45, 2.75) is 17.5 Å². The molecule has 1 aliphatic rings. The minimum absolute atomic E-state index is 0.0860. The molecule has 0 bridgehead atoms. The van der Waals surface area contributed by atoms with Gasteiger partial charge in [0.1, 0.15) is 10.9 Å². The minimum Gasteiger partial charge on any atom is -0.493 e. The first kappa shape index (κ1) is 14.4. The van der Waals surface area contributed by atoms with E-state index in [0.717, 1.165) is 5.56 Å². The molecule has 1 aromatic carbocycles. The Kier molecular flexibility index (Phi) is 3.64. The minimum atomic E-state index is -3.78. The number of imidazole rings is 1. The van der Waals surface area contributed by atoms with Crippen molar-refractivity contribution in [2.75, 3.05) is 6.61 Å². The van der Waals surface area contributed by atoms with Crippen LogP contribution in [0.4, 0.5) is 0 Å². The van der Waals surface area contributed by atoms with Gasteiger partial charge in [-0.05, 0) is 6.07 Å². The third-order valence-corrected chi connectivity index (χ3v) is 5.31. The number of para-hydroxylation sites is 1. The third kappa shape index (κ3) is 2.64. The summed E-state index contributed by atoms with van der Waals surface area (Å²) < 4.78 is 34.5. The Bertz CT molecular complexity index is 773. The molecule has 0 radical (unpaired) electrons. The Hall–Kier alpha value is -1.57. The van der Waals surface area contributed by atoms with Gasteiger partial charge in [-0.2, -0.15) is 0 Å². The van der Waals surface area contributed by atoms with Crippen molar-refractivity contribution in [3.63, 3.8) is 0 Å². The highest BCUT2D eigenvalue weighted by atomic mass is 35.5. The Morgan fingerprint density at radius 2 is 2.19 bits per heavy atom. The molecule has 3 rings (SSSR count). The van der Waals surface area contributed by atoms with Crippen LogP contribution >= 0.6 is 11.6 Å². The number of halogens is 1. The lowest BCUT2D eigenvalue weighted by Crippen LogP contribution is -2.32. The average Bonchev–Trinajstić information content (AvgIpc) is 2.80. The Balaban J connectivity index is 1.92. The van der Waals surface area contributed by atoms with E-state index in [1.807, 2.05) is 24.3 Å². The summed E-state index contributed by atoms with van der Waals surface area (Å²) >= 11 is 5.97. The van der Waals surface area contributed by atoms with Crippen LogP contribution < -0.4 is 9.46 Å². The van der Waals surface area contributed by atoms with Crippen LogP contribution in [0.15, 0.2) is 35.6 Å². The van der Waals surface area contributed by atoms with E-state index in [1.54, 1.807) is 7.05 Å². The van der Waals surface area contributed by atoms with Crippen molar-refractivity contribution in [3.05, 3.63) is 41.3 Å². The van der Waals surface area contributed by atoms with Crippen LogP contribution in [0.1, 0.15) is 18.0 Å². The summed E-state index contributed by atoms with van der Waals surface area (Å²) in [5, 5.41) is -0.0708. The van der Waals surface area contributed by atoms with Gasteiger partial charge in [-0.15, -0.1) is 0 Å². The quantitative estimate of drug-likeness (QED) is 0.934. The lowest BCUT2D eigenvalue weighted by Gasteiger charge is -2.26. The standard InChI is InChI=1S/C13H14ClN3O3S/c1-17-8-15-13(12(17)14)21(18,19)16-10-6-7-20-11-5-3-2-4-9(10)11/h2-5,8,10,16H,6-7H2,1H3/t10-/m0/s1. The summed E-state index contributed by atoms with van der Waals surface area (Å²) in [5.41, 5.74) is 0.819. The average molecular weight is 328 g/mol. The highest BCUT2D eigenvalue weighted by molar-refractivity contribution is 7.89. The molecule has 8 heteroatoms. The molecule has 0 spiro atoms. The molecule has 112 valence electrons. The molecule has 2 aromatic rings. The molecule has 21 heavy (non-hydrogen) atoms. The van der Waals surface area contributed by atoms with Crippen molar-refractivity contribution in [3.8, 4) is 5.75 Å². The van der Waals surface area contributed by atoms with Gasteiger partial charge in [0.25, 0.3) is 10.0 Å². The van der Waals surface area contributed by atoms with Crippen LogP contribution in [-0.4, -0.2) is 24.6 Å². The van der Waals surface area contributed by atoms with Crippen LogP contribution in [0, 0.1) is 0 Å². The fourth-order valence-electron chi connectivity index (χ4n) is 2.28. The number of sulfonamides is 1. The maximum atomic E-state index is 12.4. The van der Waals surface area contributed by atoms with Crippen molar-refractivity contribution < 1.29 is 13.2 Å². The maximum absolute atomic E-state index is 12.4. The van der Waals surface area contributed by atoms with Crippen LogP contribution in [0.2, 0.25) is 5.15 Å². The first-order chi connectivity index (χ1) is 9.99. The molecule has 0 amide bonds. The lowest BCUT2D eigenvalue weighted by atomic mass is 10.0. The van der Waals surface area contributed by atoms with Crippen molar-refractivity contribution in [2.24, 2.45) is 7.05 Å². The zero-order valence-electron chi connectivity index (χ0n) is 11.3. The number of rotatable bonds is 3. The van der Waals surface area contributed by atoms with E-state index in [4.69, 9.17) is 16.3 Å². The Labute approximate surface area is 127 Å². The maximum Gasteiger partial charge on any atom is 0.261 e. The van der Waals surface area contributed by atoms with Gasteiger partial charge in [0.05, 0.1) is 19.0 Å². The second-order valence-corrected chi connectivity index (χ2v) is 6.79. The molecular formula is C13H14ClN3O3S. The van der Waals surface area contributed by atoms with Gasteiger partial charge in [0.15, 0.2) is 0 Å². The van der Waals surface area contributed by atoms with Crippen LogP contribution in [-0.2, 0) is 17.1 Å². The fraction of sp³-hybridized carbons (Fsp3) is 0.308. The zero-order valence-corrected chi connectivity index (χ0v) is 12.9. The van der Waals surface area contributed by atoms with E-state index < -0.39 is 10.0 Å². The Morgan fingerprint density at radius 1 is 1.43 bits per heavy atom. The predicted octanol–water partition coefficient (Wildman–Crippen LogP) is 1.88. The van der Waals surface area contributed by atoms with Crippen LogP contribution in [0.5, 0.6) is 5.75 Å². The first-order valence-corrected chi connectivity index (χ1v) is 8.26. The number of fused-ring (bicyclic) bond motifs is 1. The number of ether oxygens (including phenoxy) is 1. The monoisotopic (exact) mass is 327 g/mol. The number of aryl methyl sites for hydroxylation is 1. The predicted molar refractivity (Wildman–Crippen MR) is 77.8 cm³/mol. The van der Waals surface area contributed by atoms with Crippen LogP contribution in [0.3, 0.4) is 0 Å². The van der Waals surface area contributed by atoms with Crippen molar-refractivity contribution in [1.29, 1.82) is 0 Å². The van der Waals surface area contributed by atoms with Crippen molar-refractivity contribution >= 4 is 21.6 Å². The summed E-state index contributed by atoms with van der Waals surface area (Å²) in [6, 6.07) is 7.03. The van der Waals surface area contributed by atoms with Gasteiger partial charge >= 0.3 is 0 Å². The number of aromatic nitrogens is 2. The number of nitrogens with one attached hydrogen (secondary N) is 1. The van der Waals surface area contributed by atoms with Gasteiger partial charge in [-0.25, -0.2) is 18.1 Å². The molecule has 0 saturated heterocycles. The molecule has 0 fully saturated rings. The first-order valence-electron chi connectivity index (χ1n) is 6.40. The molecule has 6 nitrogen and oxygen atoms in total.